The maximum Gasteiger partial charge on any atom is 0.126 e. The van der Waals surface area contributed by atoms with Gasteiger partial charge in [-0.15, -0.1) is 0 Å². The van der Waals surface area contributed by atoms with Crippen LogP contribution in [-0.4, -0.2) is 6.54 Å². The summed E-state index contributed by atoms with van der Waals surface area (Å²) in [6.07, 6.45) is 0.397. The van der Waals surface area contributed by atoms with Crippen molar-refractivity contribution in [1.29, 1.82) is 0 Å². The van der Waals surface area contributed by atoms with Gasteiger partial charge in [0.05, 0.1) is 15.6 Å². The predicted molar refractivity (Wildman–Crippen MR) is 61.9 cm³/mol. The first kappa shape index (κ1) is 12.7. The number of azide groups is 1. The maximum atomic E-state index is 12.8. The number of benzene rings is 1. The Bertz CT molecular complexity index is 476. The van der Waals surface area contributed by atoms with E-state index in [1.54, 1.807) is 0 Å². The molecule has 1 rings (SSSR count). The molecule has 0 amide bonds. The Hall–Kier alpha value is -1.40. The van der Waals surface area contributed by atoms with Crippen molar-refractivity contribution in [3.8, 4) is 11.8 Å². The molecule has 82 valence electrons. The van der Waals surface area contributed by atoms with Crippen LogP contribution in [0.25, 0.3) is 10.4 Å². The Labute approximate surface area is 102 Å². The third kappa shape index (κ3) is 3.63. The van der Waals surface area contributed by atoms with Crippen LogP contribution in [0.5, 0.6) is 0 Å². The monoisotopic (exact) mass is 257 g/mol. The van der Waals surface area contributed by atoms with E-state index in [0.29, 0.717) is 12.0 Å². The smallest absolute Gasteiger partial charge is 0.126 e. The van der Waals surface area contributed by atoms with Gasteiger partial charge in [0.25, 0.3) is 0 Å². The van der Waals surface area contributed by atoms with Crippen molar-refractivity contribution in [1.82, 2.24) is 0 Å². The molecule has 1 aromatic carbocycles. The highest BCUT2D eigenvalue weighted by Gasteiger charge is 2.05. The maximum absolute atomic E-state index is 12.8. The molecule has 0 unspecified atom stereocenters. The zero-order chi connectivity index (χ0) is 12.0. The van der Waals surface area contributed by atoms with E-state index in [0.717, 1.165) is 12.1 Å². The topological polar surface area (TPSA) is 48.8 Å². The van der Waals surface area contributed by atoms with Gasteiger partial charge in [0.1, 0.15) is 5.82 Å². The summed E-state index contributed by atoms with van der Waals surface area (Å²) < 4.78 is 12.8. The molecule has 0 aliphatic heterocycles. The fraction of sp³-hybridized carbons (Fsp3) is 0.200. The van der Waals surface area contributed by atoms with Gasteiger partial charge in [-0.2, -0.15) is 0 Å². The molecule has 0 heterocycles. The van der Waals surface area contributed by atoms with E-state index in [9.17, 15) is 4.39 Å². The van der Waals surface area contributed by atoms with E-state index in [1.807, 2.05) is 0 Å². The van der Waals surface area contributed by atoms with Crippen LogP contribution < -0.4 is 0 Å². The van der Waals surface area contributed by atoms with Gasteiger partial charge in [0, 0.05) is 17.9 Å². The highest BCUT2D eigenvalue weighted by Crippen LogP contribution is 2.24. The van der Waals surface area contributed by atoms with Crippen molar-refractivity contribution in [2.45, 2.75) is 6.42 Å². The number of hydrogen-bond donors (Lipinski definition) is 0. The Balaban J connectivity index is 2.84. The minimum atomic E-state index is -0.505. The minimum Gasteiger partial charge on any atom is -0.207 e. The van der Waals surface area contributed by atoms with Gasteiger partial charge < -0.3 is 0 Å². The lowest BCUT2D eigenvalue weighted by atomic mass is 10.2. The second-order valence-corrected chi connectivity index (χ2v) is 3.57. The van der Waals surface area contributed by atoms with Gasteiger partial charge in [-0.1, -0.05) is 40.2 Å². The minimum absolute atomic E-state index is 0.168. The lowest BCUT2D eigenvalue weighted by Crippen LogP contribution is -1.83. The van der Waals surface area contributed by atoms with Gasteiger partial charge >= 0.3 is 0 Å². The predicted octanol–water partition coefficient (Wildman–Crippen LogP) is 4.18. The second kappa shape index (κ2) is 6.24. The lowest BCUT2D eigenvalue weighted by molar-refractivity contribution is 0.628. The van der Waals surface area contributed by atoms with E-state index in [2.05, 4.69) is 21.9 Å². The average molecular weight is 258 g/mol. The molecule has 0 aliphatic carbocycles. The molecule has 0 atom stereocenters. The van der Waals surface area contributed by atoms with E-state index >= 15 is 0 Å². The molecule has 0 spiro atoms. The van der Waals surface area contributed by atoms with Crippen molar-refractivity contribution in [3.63, 3.8) is 0 Å². The first-order valence-corrected chi connectivity index (χ1v) is 5.05. The lowest BCUT2D eigenvalue weighted by Gasteiger charge is -1.99. The molecular weight excluding hydrogens is 252 g/mol. The van der Waals surface area contributed by atoms with Crippen molar-refractivity contribution < 1.29 is 4.39 Å². The molecule has 0 bridgehead atoms. The molecule has 0 saturated carbocycles. The van der Waals surface area contributed by atoms with E-state index < -0.39 is 5.82 Å². The van der Waals surface area contributed by atoms with Crippen molar-refractivity contribution >= 4 is 23.2 Å². The van der Waals surface area contributed by atoms with Gasteiger partial charge in [-0.05, 0) is 17.7 Å². The van der Waals surface area contributed by atoms with Crippen molar-refractivity contribution in [2.24, 2.45) is 5.11 Å². The molecule has 16 heavy (non-hydrogen) atoms. The highest BCUT2D eigenvalue weighted by molar-refractivity contribution is 6.36. The van der Waals surface area contributed by atoms with Crippen LogP contribution in [0.15, 0.2) is 17.2 Å². The summed E-state index contributed by atoms with van der Waals surface area (Å²) in [5.74, 6) is 4.93. The molecule has 0 aliphatic rings. The standard InChI is InChI=1S/C10H6Cl2FN3/c11-9-5-7(13)6-10(12)8(9)3-1-2-4-15-16-14/h5-6H,2,4H2. The number of halogens is 3. The number of rotatable bonds is 2. The SMILES string of the molecule is [N-]=[N+]=NCCC#Cc1c(Cl)cc(F)cc1Cl. The first-order valence-electron chi connectivity index (χ1n) is 4.29. The van der Waals surface area contributed by atoms with Crippen molar-refractivity contribution in [3.05, 3.63) is 44.0 Å². The van der Waals surface area contributed by atoms with Crippen molar-refractivity contribution in [2.75, 3.05) is 6.54 Å². The summed E-state index contributed by atoms with van der Waals surface area (Å²) in [5, 5.41) is 3.65. The molecule has 0 N–H and O–H groups in total. The molecule has 6 heteroatoms. The fourth-order valence-corrected chi connectivity index (χ4v) is 1.52. The van der Waals surface area contributed by atoms with Gasteiger partial charge in [-0.25, -0.2) is 4.39 Å². The van der Waals surface area contributed by atoms with Gasteiger partial charge in [0.15, 0.2) is 0 Å². The largest absolute Gasteiger partial charge is 0.207 e. The van der Waals surface area contributed by atoms with E-state index in [4.69, 9.17) is 28.7 Å². The third-order valence-corrected chi connectivity index (χ3v) is 2.22. The molecular formula is C10H6Cl2FN3. The van der Waals surface area contributed by atoms with E-state index in [-0.39, 0.29) is 16.6 Å². The summed E-state index contributed by atoms with van der Waals surface area (Å²) in [5.41, 5.74) is 8.41. The number of hydrogen-bond acceptors (Lipinski definition) is 1. The zero-order valence-electron chi connectivity index (χ0n) is 8.04. The summed E-state index contributed by atoms with van der Waals surface area (Å²) >= 11 is 11.5. The quantitative estimate of drug-likeness (QED) is 0.251. The first-order chi connectivity index (χ1) is 7.65. The van der Waals surface area contributed by atoms with Crippen LogP contribution in [0.3, 0.4) is 0 Å². The Kier molecular flexibility index (Phi) is 4.94. The molecule has 0 radical (unpaired) electrons. The Morgan fingerprint density at radius 1 is 1.38 bits per heavy atom. The van der Waals surface area contributed by atoms with Crippen LogP contribution in [0.2, 0.25) is 10.0 Å². The normalized spacial score (nSPS) is 8.94. The third-order valence-electron chi connectivity index (χ3n) is 1.62. The van der Waals surface area contributed by atoms with Crippen LogP contribution in [0.4, 0.5) is 4.39 Å². The average Bonchev–Trinajstić information content (AvgIpc) is 2.20. The van der Waals surface area contributed by atoms with Crippen LogP contribution in [0.1, 0.15) is 12.0 Å². The second-order valence-electron chi connectivity index (χ2n) is 2.75. The Morgan fingerprint density at radius 2 is 2.00 bits per heavy atom. The Morgan fingerprint density at radius 3 is 2.56 bits per heavy atom. The van der Waals surface area contributed by atoms with Crippen LogP contribution >= 0.6 is 23.2 Å². The summed E-state index contributed by atoms with van der Waals surface area (Å²) in [7, 11) is 0. The molecule has 0 saturated heterocycles. The van der Waals surface area contributed by atoms with Crippen LogP contribution in [-0.2, 0) is 0 Å². The molecule has 1 aromatic rings. The summed E-state index contributed by atoms with van der Waals surface area (Å²) in [6.45, 7) is 0.278. The van der Waals surface area contributed by atoms with Crippen LogP contribution in [0, 0.1) is 17.7 Å². The molecule has 3 nitrogen and oxygen atoms in total. The van der Waals surface area contributed by atoms with Gasteiger partial charge in [-0.3, -0.25) is 0 Å². The van der Waals surface area contributed by atoms with E-state index in [1.165, 1.54) is 0 Å². The summed E-state index contributed by atoms with van der Waals surface area (Å²) in [4.78, 5) is 2.58. The zero-order valence-corrected chi connectivity index (χ0v) is 9.56. The fourth-order valence-electron chi connectivity index (χ4n) is 0.963. The highest BCUT2D eigenvalue weighted by atomic mass is 35.5. The molecule has 0 fully saturated rings. The summed E-state index contributed by atoms with van der Waals surface area (Å²) in [6, 6.07) is 2.29. The van der Waals surface area contributed by atoms with Gasteiger partial charge in [0.2, 0.25) is 0 Å². The molecule has 0 aromatic heterocycles. The number of nitrogens with zero attached hydrogens (tertiary/aromatic N) is 3.